The van der Waals surface area contributed by atoms with Crippen molar-refractivity contribution < 1.29 is 0 Å². The van der Waals surface area contributed by atoms with Gasteiger partial charge < -0.3 is 14.5 Å². The summed E-state index contributed by atoms with van der Waals surface area (Å²) in [6, 6.07) is 11.7. The van der Waals surface area contributed by atoms with Gasteiger partial charge in [-0.05, 0) is 83.0 Å². The maximum absolute atomic E-state index is 8.74. The van der Waals surface area contributed by atoms with Gasteiger partial charge in [0.15, 0.2) is 0 Å². The summed E-state index contributed by atoms with van der Waals surface area (Å²) in [5, 5.41) is 17.4. The van der Waals surface area contributed by atoms with Crippen LogP contribution in [-0.4, -0.2) is 19.8 Å². The zero-order valence-electron chi connectivity index (χ0n) is 19.7. The molecule has 2 aliphatic heterocycles. The van der Waals surface area contributed by atoms with E-state index in [1.165, 1.54) is 6.20 Å². The van der Waals surface area contributed by atoms with Crippen LogP contribution in [-0.2, 0) is 0 Å². The Labute approximate surface area is 210 Å². The molecule has 0 saturated heterocycles. The summed E-state index contributed by atoms with van der Waals surface area (Å²) in [7, 11) is 0. The molecule has 36 heavy (non-hydrogen) atoms. The second kappa shape index (κ2) is 9.68. The van der Waals surface area contributed by atoms with Gasteiger partial charge in [-0.15, -0.1) is 0 Å². The third-order valence-electron chi connectivity index (χ3n) is 6.10. The van der Waals surface area contributed by atoms with E-state index in [1.807, 2.05) is 101 Å². The highest BCUT2D eigenvalue weighted by atomic mass is 14.9. The van der Waals surface area contributed by atoms with E-state index in [9.17, 15) is 0 Å². The van der Waals surface area contributed by atoms with Gasteiger partial charge in [-0.3, -0.25) is 10.4 Å². The summed E-state index contributed by atoms with van der Waals surface area (Å²) >= 11 is 0. The predicted octanol–water partition coefficient (Wildman–Crippen LogP) is 6.35. The number of hydrogen-bond donors (Lipinski definition) is 2. The maximum atomic E-state index is 8.74. The molecule has 0 aliphatic carbocycles. The van der Waals surface area contributed by atoms with E-state index < -0.39 is 0 Å². The summed E-state index contributed by atoms with van der Waals surface area (Å²) < 4.78 is 4.07. The largest absolute Gasteiger partial charge is 0.323 e. The molecule has 0 unspecified atom stereocenters. The second-order valence-corrected chi connectivity index (χ2v) is 8.38. The molecular formula is C31H25N5. The van der Waals surface area contributed by atoms with Crippen LogP contribution in [0.3, 0.4) is 0 Å². The van der Waals surface area contributed by atoms with Crippen molar-refractivity contribution in [1.82, 2.24) is 14.1 Å². The number of aromatic nitrogens is 3. The van der Waals surface area contributed by atoms with Gasteiger partial charge in [-0.25, -0.2) is 0 Å². The fourth-order valence-corrected chi connectivity index (χ4v) is 4.15. The Kier molecular flexibility index (Phi) is 6.12. The van der Waals surface area contributed by atoms with Gasteiger partial charge in [0, 0.05) is 41.7 Å². The van der Waals surface area contributed by atoms with Crippen molar-refractivity contribution in [2.24, 2.45) is 0 Å². The number of allylic oxidation sites excluding steroid dienone is 9. The SMILES string of the molecule is C=CC1=Cn2cccc2C=C/C1=C\C(=N)c1ccc(/C=C2\C=Cc3cccn3C=C2C=C)ncc1=N. The first kappa shape index (κ1) is 22.7. The minimum Gasteiger partial charge on any atom is -0.323 e. The van der Waals surface area contributed by atoms with Crippen molar-refractivity contribution in [3.8, 4) is 0 Å². The smallest absolute Gasteiger partial charge is 0.0816 e. The minimum atomic E-state index is 0.182. The number of hydrogen-bond acceptors (Lipinski definition) is 3. The molecule has 0 saturated carbocycles. The van der Waals surface area contributed by atoms with Crippen molar-refractivity contribution in [1.29, 1.82) is 10.8 Å². The van der Waals surface area contributed by atoms with Gasteiger partial charge >= 0.3 is 0 Å². The van der Waals surface area contributed by atoms with E-state index in [1.54, 1.807) is 18.2 Å². The molecule has 0 atom stereocenters. The Bertz CT molecular complexity index is 1640. The van der Waals surface area contributed by atoms with Crippen LogP contribution in [0, 0.1) is 10.8 Å². The van der Waals surface area contributed by atoms with E-state index in [0.717, 1.165) is 33.7 Å². The Morgan fingerprint density at radius 3 is 2.06 bits per heavy atom. The molecule has 0 aromatic carbocycles. The first-order valence-corrected chi connectivity index (χ1v) is 11.5. The summed E-state index contributed by atoms with van der Waals surface area (Å²) in [6.45, 7) is 7.90. The normalized spacial score (nSPS) is 16.4. The van der Waals surface area contributed by atoms with Crippen LogP contribution in [0.15, 0.2) is 121 Å². The first-order chi connectivity index (χ1) is 17.6. The molecular weight excluding hydrogens is 442 g/mol. The average molecular weight is 468 g/mol. The van der Waals surface area contributed by atoms with Crippen molar-refractivity contribution >= 4 is 36.3 Å². The van der Waals surface area contributed by atoms with E-state index in [4.69, 9.17) is 10.8 Å². The highest BCUT2D eigenvalue weighted by molar-refractivity contribution is 6.07. The van der Waals surface area contributed by atoms with Crippen molar-refractivity contribution in [2.45, 2.75) is 0 Å². The van der Waals surface area contributed by atoms with Gasteiger partial charge in [0.2, 0.25) is 0 Å². The van der Waals surface area contributed by atoms with Crippen molar-refractivity contribution in [3.05, 3.63) is 149 Å². The van der Waals surface area contributed by atoms with E-state index in [0.29, 0.717) is 11.3 Å². The fourth-order valence-electron chi connectivity index (χ4n) is 4.15. The summed E-state index contributed by atoms with van der Waals surface area (Å²) in [4.78, 5) is 4.50. The summed E-state index contributed by atoms with van der Waals surface area (Å²) in [5.74, 6) is 0. The average Bonchev–Trinajstić information content (AvgIpc) is 3.39. The van der Waals surface area contributed by atoms with E-state index in [2.05, 4.69) is 18.1 Å². The Morgan fingerprint density at radius 1 is 0.806 bits per heavy atom. The maximum Gasteiger partial charge on any atom is 0.0816 e. The number of nitrogens with one attached hydrogen (secondary N) is 2. The molecule has 0 bridgehead atoms. The zero-order valence-corrected chi connectivity index (χ0v) is 19.7. The number of fused-ring (bicyclic) bond motifs is 2. The van der Waals surface area contributed by atoms with Crippen LogP contribution in [0.1, 0.15) is 22.6 Å². The van der Waals surface area contributed by atoms with Crippen molar-refractivity contribution in [3.63, 3.8) is 0 Å². The summed E-state index contributed by atoms with van der Waals surface area (Å²) in [6.07, 6.45) is 24.9. The molecule has 0 spiro atoms. The van der Waals surface area contributed by atoms with Crippen LogP contribution < -0.4 is 5.36 Å². The quantitative estimate of drug-likeness (QED) is 0.422. The second-order valence-electron chi connectivity index (χ2n) is 8.38. The first-order valence-electron chi connectivity index (χ1n) is 11.5. The number of nitrogens with zero attached hydrogens (tertiary/aromatic N) is 3. The lowest BCUT2D eigenvalue weighted by atomic mass is 10.0. The van der Waals surface area contributed by atoms with Crippen molar-refractivity contribution in [2.75, 3.05) is 0 Å². The molecule has 5 rings (SSSR count). The molecule has 0 fully saturated rings. The highest BCUT2D eigenvalue weighted by Crippen LogP contribution is 2.24. The van der Waals surface area contributed by atoms with Gasteiger partial charge in [0.25, 0.3) is 0 Å². The Balaban J connectivity index is 1.48. The minimum absolute atomic E-state index is 0.182. The van der Waals surface area contributed by atoms with Gasteiger partial charge in [0.05, 0.1) is 23.0 Å². The van der Waals surface area contributed by atoms with E-state index >= 15 is 0 Å². The third kappa shape index (κ3) is 4.50. The molecule has 5 heterocycles. The molecule has 5 nitrogen and oxygen atoms in total. The van der Waals surface area contributed by atoms with Crippen LogP contribution >= 0.6 is 0 Å². The Morgan fingerprint density at radius 2 is 1.42 bits per heavy atom. The fraction of sp³-hybridized carbons (Fsp3) is 0. The lowest BCUT2D eigenvalue weighted by molar-refractivity contribution is 1.15. The molecule has 0 amide bonds. The van der Waals surface area contributed by atoms with Gasteiger partial charge in [-0.2, -0.15) is 0 Å². The molecule has 3 aromatic heterocycles. The van der Waals surface area contributed by atoms with Gasteiger partial charge in [-0.1, -0.05) is 37.5 Å². The van der Waals surface area contributed by atoms with Crippen LogP contribution in [0.25, 0.3) is 30.6 Å². The highest BCUT2D eigenvalue weighted by Gasteiger charge is 2.10. The number of rotatable bonds is 5. The molecule has 5 heteroatoms. The monoisotopic (exact) mass is 467 g/mol. The van der Waals surface area contributed by atoms with Crippen LogP contribution in [0.2, 0.25) is 0 Å². The van der Waals surface area contributed by atoms with E-state index in [-0.39, 0.29) is 11.1 Å². The standard InChI is InChI=1S/C31H25N5/c1-3-22-20-35-15-5-7-27(35)12-9-24(22)17-26-11-14-29(31(33)19-34-26)30(32)18-25-10-13-28-8-6-16-36(28)21-23(25)4-2/h3-21,32-33H,1-2H2/b24-17+,25-18+,32-30?,33-31?. The third-order valence-corrected chi connectivity index (χ3v) is 6.10. The van der Waals surface area contributed by atoms with Gasteiger partial charge in [0.1, 0.15) is 0 Å². The zero-order chi connectivity index (χ0) is 25.1. The molecule has 0 radical (unpaired) electrons. The molecule has 174 valence electrons. The summed E-state index contributed by atoms with van der Waals surface area (Å²) in [5.41, 5.74) is 7.22. The lowest BCUT2D eigenvalue weighted by Crippen LogP contribution is -2.11. The van der Waals surface area contributed by atoms with Crippen LogP contribution in [0.5, 0.6) is 0 Å². The topological polar surface area (TPSA) is 70.5 Å². The molecule has 3 aromatic rings. The molecule has 2 aliphatic rings. The Hall–Kier alpha value is -5.03. The predicted molar refractivity (Wildman–Crippen MR) is 149 cm³/mol. The van der Waals surface area contributed by atoms with Crippen LogP contribution in [0.4, 0.5) is 0 Å². The molecule has 2 N–H and O–H groups in total. The lowest BCUT2D eigenvalue weighted by Gasteiger charge is -2.04.